The molecule has 1 atom stereocenters. The van der Waals surface area contributed by atoms with E-state index in [4.69, 9.17) is 4.74 Å². The predicted octanol–water partition coefficient (Wildman–Crippen LogP) is 1.30. The maximum atomic E-state index is 12.3. The molecule has 1 aliphatic heterocycles. The van der Waals surface area contributed by atoms with Crippen molar-refractivity contribution in [3.05, 3.63) is 36.3 Å². The molecule has 0 spiro atoms. The highest BCUT2D eigenvalue weighted by Crippen LogP contribution is 2.22. The number of aromatic nitrogens is 4. The number of carbonyl (C=O) groups is 1. The molecule has 116 valence electrons. The van der Waals surface area contributed by atoms with Crippen molar-refractivity contribution in [3.63, 3.8) is 0 Å². The summed E-state index contributed by atoms with van der Waals surface area (Å²) in [6.45, 7) is 4.37. The van der Waals surface area contributed by atoms with Crippen LogP contribution < -0.4 is 5.32 Å². The molecule has 1 aliphatic rings. The number of anilines is 1. The van der Waals surface area contributed by atoms with Gasteiger partial charge in [0, 0.05) is 31.0 Å². The highest BCUT2D eigenvalue weighted by molar-refractivity contribution is 5.88. The van der Waals surface area contributed by atoms with Crippen molar-refractivity contribution >= 4 is 11.8 Å². The molecular weight excluding hydrogens is 284 g/mol. The molecule has 8 nitrogen and oxygen atoms in total. The molecule has 3 rings (SSSR count). The lowest BCUT2D eigenvalue weighted by Crippen LogP contribution is -2.44. The van der Waals surface area contributed by atoms with Crippen molar-refractivity contribution < 1.29 is 9.53 Å². The first-order chi connectivity index (χ1) is 10.8. The molecule has 0 bridgehead atoms. The van der Waals surface area contributed by atoms with Gasteiger partial charge in [-0.1, -0.05) is 0 Å². The van der Waals surface area contributed by atoms with E-state index in [0.717, 1.165) is 12.1 Å². The molecule has 0 radical (unpaired) electrons. The molecule has 22 heavy (non-hydrogen) atoms. The molecule has 1 fully saturated rings. The Morgan fingerprint density at radius 3 is 3.18 bits per heavy atom. The van der Waals surface area contributed by atoms with E-state index in [0.29, 0.717) is 25.5 Å². The Morgan fingerprint density at radius 2 is 2.45 bits per heavy atom. The fraction of sp³-hybridized carbons (Fsp3) is 0.429. The number of rotatable bonds is 3. The Bertz CT molecular complexity index is 629. The fourth-order valence-corrected chi connectivity index (χ4v) is 2.31. The van der Waals surface area contributed by atoms with Crippen LogP contribution in [-0.2, 0) is 11.3 Å². The maximum absolute atomic E-state index is 12.3. The third-order valence-corrected chi connectivity index (χ3v) is 3.51. The minimum Gasteiger partial charge on any atom is -0.370 e. The van der Waals surface area contributed by atoms with Gasteiger partial charge < -0.3 is 9.64 Å². The summed E-state index contributed by atoms with van der Waals surface area (Å²) in [5, 5.41) is 14.6. The summed E-state index contributed by atoms with van der Waals surface area (Å²) in [4.78, 5) is 14.0. The van der Waals surface area contributed by atoms with Crippen molar-refractivity contribution in [2.24, 2.45) is 0 Å². The number of aryl methyl sites for hydroxylation is 1. The normalized spacial score (nSPS) is 18.2. The van der Waals surface area contributed by atoms with Crippen LogP contribution in [0, 0.1) is 0 Å². The highest BCUT2D eigenvalue weighted by Gasteiger charge is 2.26. The topological polar surface area (TPSA) is 85.2 Å². The summed E-state index contributed by atoms with van der Waals surface area (Å²) in [7, 11) is 0. The molecule has 1 N–H and O–H groups in total. The number of hydrogen-bond donors (Lipinski definition) is 1. The number of morpholine rings is 1. The van der Waals surface area contributed by atoms with Crippen molar-refractivity contribution in [2.45, 2.75) is 19.6 Å². The van der Waals surface area contributed by atoms with Crippen LogP contribution in [0.2, 0.25) is 0 Å². The Labute approximate surface area is 128 Å². The SMILES string of the molecule is CCn1cc([C@@H]2CN(C(=O)Nc3cccnn3)CCO2)cn1. The van der Waals surface area contributed by atoms with Crippen LogP contribution in [-0.4, -0.2) is 50.6 Å². The van der Waals surface area contributed by atoms with Crippen LogP contribution in [0.1, 0.15) is 18.6 Å². The molecule has 2 aromatic rings. The van der Waals surface area contributed by atoms with Gasteiger partial charge in [-0.05, 0) is 19.1 Å². The van der Waals surface area contributed by atoms with Crippen molar-refractivity contribution in [2.75, 3.05) is 25.0 Å². The van der Waals surface area contributed by atoms with Gasteiger partial charge in [0.2, 0.25) is 0 Å². The van der Waals surface area contributed by atoms with Gasteiger partial charge in [0.15, 0.2) is 5.82 Å². The van der Waals surface area contributed by atoms with E-state index in [-0.39, 0.29) is 12.1 Å². The molecule has 0 unspecified atom stereocenters. The summed E-state index contributed by atoms with van der Waals surface area (Å²) in [6, 6.07) is 3.23. The number of amides is 2. The van der Waals surface area contributed by atoms with Gasteiger partial charge in [0.05, 0.1) is 19.3 Å². The van der Waals surface area contributed by atoms with E-state index in [2.05, 4.69) is 20.6 Å². The summed E-state index contributed by atoms with van der Waals surface area (Å²) in [6.07, 6.45) is 5.15. The van der Waals surface area contributed by atoms with E-state index in [9.17, 15) is 4.79 Å². The first kappa shape index (κ1) is 14.5. The van der Waals surface area contributed by atoms with Crippen LogP contribution >= 0.6 is 0 Å². The number of urea groups is 1. The molecule has 2 aromatic heterocycles. The van der Waals surface area contributed by atoms with Gasteiger partial charge in [-0.2, -0.15) is 10.2 Å². The van der Waals surface area contributed by atoms with Crippen LogP contribution in [0.5, 0.6) is 0 Å². The molecule has 8 heteroatoms. The first-order valence-electron chi connectivity index (χ1n) is 7.24. The van der Waals surface area contributed by atoms with E-state index >= 15 is 0 Å². The highest BCUT2D eigenvalue weighted by atomic mass is 16.5. The van der Waals surface area contributed by atoms with Crippen LogP contribution in [0.25, 0.3) is 0 Å². The van der Waals surface area contributed by atoms with Gasteiger partial charge >= 0.3 is 6.03 Å². The number of nitrogens with one attached hydrogen (secondary N) is 1. The van der Waals surface area contributed by atoms with Gasteiger partial charge in [-0.25, -0.2) is 4.79 Å². The van der Waals surface area contributed by atoms with E-state index in [1.165, 1.54) is 0 Å². The number of hydrogen-bond acceptors (Lipinski definition) is 5. The standard InChI is InChI=1S/C14H18N6O2/c1-2-20-9-11(8-16-20)12-10-19(6-7-22-12)14(21)17-13-4-3-5-15-18-13/h3-5,8-9,12H,2,6-7,10H2,1H3,(H,17,18,21)/t12-/m0/s1. The third-order valence-electron chi connectivity index (χ3n) is 3.51. The lowest BCUT2D eigenvalue weighted by atomic mass is 10.1. The minimum absolute atomic E-state index is 0.151. The summed E-state index contributed by atoms with van der Waals surface area (Å²) >= 11 is 0. The van der Waals surface area contributed by atoms with Gasteiger partial charge in [-0.3, -0.25) is 10.00 Å². The zero-order valence-corrected chi connectivity index (χ0v) is 12.3. The summed E-state index contributed by atoms with van der Waals surface area (Å²) in [5.74, 6) is 0.439. The average Bonchev–Trinajstić information content (AvgIpc) is 3.05. The van der Waals surface area contributed by atoms with Gasteiger partial charge in [0.1, 0.15) is 6.10 Å². The summed E-state index contributed by atoms with van der Waals surface area (Å²) in [5.41, 5.74) is 0.985. The van der Waals surface area contributed by atoms with E-state index in [1.54, 1.807) is 29.4 Å². The Kier molecular flexibility index (Phi) is 4.29. The molecule has 0 saturated carbocycles. The van der Waals surface area contributed by atoms with Crippen molar-refractivity contribution in [1.29, 1.82) is 0 Å². The largest absolute Gasteiger partial charge is 0.370 e. The zero-order chi connectivity index (χ0) is 15.4. The van der Waals surface area contributed by atoms with Crippen molar-refractivity contribution in [3.8, 4) is 0 Å². The first-order valence-corrected chi connectivity index (χ1v) is 7.24. The molecule has 0 aromatic carbocycles. The smallest absolute Gasteiger partial charge is 0.323 e. The third kappa shape index (κ3) is 3.22. The maximum Gasteiger partial charge on any atom is 0.323 e. The lowest BCUT2D eigenvalue weighted by Gasteiger charge is -2.32. The Balaban J connectivity index is 1.63. The second-order valence-corrected chi connectivity index (χ2v) is 4.97. The van der Waals surface area contributed by atoms with Crippen LogP contribution in [0.15, 0.2) is 30.7 Å². The molecule has 1 saturated heterocycles. The quantitative estimate of drug-likeness (QED) is 0.923. The Hall–Kier alpha value is -2.48. The molecule has 0 aliphatic carbocycles. The van der Waals surface area contributed by atoms with E-state index in [1.807, 2.05) is 17.8 Å². The average molecular weight is 302 g/mol. The van der Waals surface area contributed by atoms with Gasteiger partial charge in [-0.15, -0.1) is 5.10 Å². The number of carbonyl (C=O) groups excluding carboxylic acids is 1. The predicted molar refractivity (Wildman–Crippen MR) is 79.2 cm³/mol. The zero-order valence-electron chi connectivity index (χ0n) is 12.3. The lowest BCUT2D eigenvalue weighted by molar-refractivity contribution is -0.0135. The van der Waals surface area contributed by atoms with Crippen LogP contribution in [0.3, 0.4) is 0 Å². The summed E-state index contributed by atoms with van der Waals surface area (Å²) < 4.78 is 7.59. The fourth-order valence-electron chi connectivity index (χ4n) is 2.31. The second kappa shape index (κ2) is 6.52. The van der Waals surface area contributed by atoms with Gasteiger partial charge in [0.25, 0.3) is 0 Å². The Morgan fingerprint density at radius 1 is 1.55 bits per heavy atom. The van der Waals surface area contributed by atoms with Crippen LogP contribution in [0.4, 0.5) is 10.6 Å². The molecule has 2 amide bonds. The molecule has 3 heterocycles. The van der Waals surface area contributed by atoms with Crippen molar-refractivity contribution in [1.82, 2.24) is 24.9 Å². The molecular formula is C14H18N6O2. The monoisotopic (exact) mass is 302 g/mol. The second-order valence-electron chi connectivity index (χ2n) is 4.97. The number of nitrogens with zero attached hydrogens (tertiary/aromatic N) is 5. The van der Waals surface area contributed by atoms with E-state index < -0.39 is 0 Å². The number of ether oxygens (including phenoxy) is 1. The minimum atomic E-state index is -0.198.